The molecule has 190 valence electrons. The molecule has 2 atom stereocenters. The van der Waals surface area contributed by atoms with Gasteiger partial charge in [-0.1, -0.05) is 13.8 Å². The molecule has 5 N–H and O–H groups in total. The zero-order valence-electron chi connectivity index (χ0n) is 20.4. The molecule has 2 aromatic rings. The fourth-order valence-electron chi connectivity index (χ4n) is 4.33. The lowest BCUT2D eigenvalue weighted by molar-refractivity contribution is -0.112. The van der Waals surface area contributed by atoms with E-state index in [0.717, 1.165) is 6.34 Å². The molecule has 1 aromatic carbocycles. The van der Waals surface area contributed by atoms with E-state index < -0.39 is 23.3 Å². The average molecular weight is 483 g/mol. The maximum atomic E-state index is 14.0. The highest BCUT2D eigenvalue weighted by molar-refractivity contribution is 5.61. The first-order chi connectivity index (χ1) is 16.1. The van der Waals surface area contributed by atoms with Crippen LogP contribution in [0.25, 0.3) is 0 Å². The second-order valence-electron chi connectivity index (χ2n) is 9.06. The smallest absolute Gasteiger partial charge is 0.267 e. The van der Waals surface area contributed by atoms with E-state index in [1.165, 1.54) is 51.2 Å². The second kappa shape index (κ2) is 12.3. The van der Waals surface area contributed by atoms with Gasteiger partial charge in [0.25, 0.3) is 6.43 Å². The minimum Gasteiger partial charge on any atom is -0.496 e. The van der Waals surface area contributed by atoms with Crippen molar-refractivity contribution in [3.63, 3.8) is 0 Å². The van der Waals surface area contributed by atoms with Gasteiger partial charge in [-0.25, -0.2) is 18.2 Å². The van der Waals surface area contributed by atoms with Gasteiger partial charge in [-0.2, -0.15) is 0 Å². The molecule has 6 nitrogen and oxygen atoms in total. The van der Waals surface area contributed by atoms with E-state index in [4.69, 9.17) is 10.5 Å². The Morgan fingerprint density at radius 2 is 1.94 bits per heavy atom. The number of hydrogen-bond donors (Lipinski definition) is 4. The van der Waals surface area contributed by atoms with Crippen LogP contribution in [0.5, 0.6) is 5.75 Å². The van der Waals surface area contributed by atoms with Gasteiger partial charge in [0.2, 0.25) is 0 Å². The van der Waals surface area contributed by atoms with Crippen molar-refractivity contribution in [3.8, 4) is 5.75 Å². The quantitative estimate of drug-likeness (QED) is 0.306. The summed E-state index contributed by atoms with van der Waals surface area (Å²) in [5.41, 5.74) is 4.04. The Balaban J connectivity index is 0.000000720. The second-order valence-corrected chi connectivity index (χ2v) is 9.06. The number of hydrogen-bond acceptors (Lipinski definition) is 4. The highest BCUT2D eigenvalue weighted by atomic mass is 19.3. The van der Waals surface area contributed by atoms with Crippen molar-refractivity contribution in [1.29, 1.82) is 0 Å². The molecule has 1 aliphatic rings. The molecule has 9 heteroatoms. The van der Waals surface area contributed by atoms with E-state index in [0.29, 0.717) is 34.8 Å². The van der Waals surface area contributed by atoms with Gasteiger partial charge >= 0.3 is 0 Å². The van der Waals surface area contributed by atoms with Crippen molar-refractivity contribution in [2.45, 2.75) is 70.3 Å². The monoisotopic (exact) mass is 482 g/mol. The van der Waals surface area contributed by atoms with Gasteiger partial charge in [0.1, 0.15) is 17.2 Å². The SMILES string of the molecule is C1CCNC1.CCC(C)(CC(O)(Cc1cc(N=CN)c(C)[nH]1)C(F)F)c1cc(F)ccc1OC. The van der Waals surface area contributed by atoms with Crippen LogP contribution in [0.1, 0.15) is 56.5 Å². The number of benzene rings is 1. The number of nitrogens with zero attached hydrogens (tertiary/aromatic N) is 1. The predicted molar refractivity (Wildman–Crippen MR) is 130 cm³/mol. The molecule has 0 bridgehead atoms. The normalized spacial score (nSPS) is 17.3. The first-order valence-electron chi connectivity index (χ1n) is 11.6. The molecule has 0 radical (unpaired) electrons. The van der Waals surface area contributed by atoms with Gasteiger partial charge in [-0.05, 0) is 75.4 Å². The lowest BCUT2D eigenvalue weighted by Gasteiger charge is -2.38. The first-order valence-corrected chi connectivity index (χ1v) is 11.6. The van der Waals surface area contributed by atoms with Gasteiger partial charge in [0.05, 0.1) is 19.1 Å². The van der Waals surface area contributed by atoms with Crippen LogP contribution in [0.4, 0.5) is 18.9 Å². The van der Waals surface area contributed by atoms with E-state index in [9.17, 15) is 18.3 Å². The average Bonchev–Trinajstić information content (AvgIpc) is 3.48. The molecule has 1 saturated heterocycles. The third kappa shape index (κ3) is 6.99. The largest absolute Gasteiger partial charge is 0.496 e. The number of H-pyrrole nitrogens is 1. The van der Waals surface area contributed by atoms with Crippen LogP contribution in [0.2, 0.25) is 0 Å². The fourth-order valence-corrected chi connectivity index (χ4v) is 4.33. The van der Waals surface area contributed by atoms with E-state index in [1.54, 1.807) is 19.9 Å². The number of nitrogens with two attached hydrogens (primary N) is 1. The standard InChI is InChI=1S/C21H28F3N3O2.C4H9N/c1-5-20(3,16-8-14(22)6-7-18(16)29-4)11-21(28,19(23)24)10-15-9-17(26-12-25)13(2)27-15;1-2-4-5-3-1/h6-9,12,19,27-28H,5,10-11H2,1-4H3,(H2,25,26);5H,1-4H2. The molecule has 1 aromatic heterocycles. The molecule has 1 aliphatic heterocycles. The number of ether oxygens (including phenoxy) is 1. The van der Waals surface area contributed by atoms with Crippen LogP contribution in [-0.4, -0.2) is 48.7 Å². The summed E-state index contributed by atoms with van der Waals surface area (Å²) in [6.07, 6.45) is 0.663. The lowest BCUT2D eigenvalue weighted by Crippen LogP contribution is -2.45. The van der Waals surface area contributed by atoms with Crippen molar-refractivity contribution >= 4 is 12.0 Å². The van der Waals surface area contributed by atoms with E-state index in [2.05, 4.69) is 15.3 Å². The number of methoxy groups -OCH3 is 1. The molecule has 2 heterocycles. The maximum Gasteiger partial charge on any atom is 0.267 e. The van der Waals surface area contributed by atoms with E-state index in [-0.39, 0.29) is 12.8 Å². The van der Waals surface area contributed by atoms with Gasteiger partial charge in [-0.3, -0.25) is 0 Å². The van der Waals surface area contributed by atoms with E-state index >= 15 is 0 Å². The molecule has 3 rings (SSSR count). The summed E-state index contributed by atoms with van der Waals surface area (Å²) in [6, 6.07) is 5.57. The molecule has 0 amide bonds. The Bertz CT molecular complexity index is 939. The molecule has 1 fully saturated rings. The van der Waals surface area contributed by atoms with Gasteiger partial charge in [-0.15, -0.1) is 0 Å². The Hall–Kier alpha value is -2.52. The highest BCUT2D eigenvalue weighted by Gasteiger charge is 2.45. The number of rotatable bonds is 9. The third-order valence-corrected chi connectivity index (χ3v) is 6.41. The summed E-state index contributed by atoms with van der Waals surface area (Å²) in [5.74, 6) is -0.104. The number of aromatic amines is 1. The molecule has 0 spiro atoms. The number of alkyl halides is 2. The topological polar surface area (TPSA) is 95.7 Å². The van der Waals surface area contributed by atoms with Crippen molar-refractivity contribution in [2.75, 3.05) is 20.2 Å². The number of halogens is 3. The van der Waals surface area contributed by atoms with Crippen molar-refractivity contribution in [3.05, 3.63) is 47.0 Å². The predicted octanol–water partition coefficient (Wildman–Crippen LogP) is 4.76. The number of aliphatic hydroxyl groups is 1. The van der Waals surface area contributed by atoms with Crippen molar-refractivity contribution in [2.24, 2.45) is 10.7 Å². The Labute approximate surface area is 199 Å². The first kappa shape index (κ1) is 27.7. The minimum atomic E-state index is -3.02. The highest BCUT2D eigenvalue weighted by Crippen LogP contribution is 2.43. The van der Waals surface area contributed by atoms with Crippen LogP contribution in [0.15, 0.2) is 29.3 Å². The Kier molecular flexibility index (Phi) is 10.00. The molecular weight excluding hydrogens is 445 g/mol. The minimum absolute atomic E-state index is 0.290. The maximum absolute atomic E-state index is 14.0. The third-order valence-electron chi connectivity index (χ3n) is 6.41. The summed E-state index contributed by atoms with van der Waals surface area (Å²) >= 11 is 0. The summed E-state index contributed by atoms with van der Waals surface area (Å²) in [5, 5.41) is 14.2. The zero-order chi connectivity index (χ0) is 25.4. The van der Waals surface area contributed by atoms with E-state index in [1.807, 2.05) is 6.92 Å². The molecule has 34 heavy (non-hydrogen) atoms. The van der Waals surface area contributed by atoms with Crippen LogP contribution in [0, 0.1) is 12.7 Å². The van der Waals surface area contributed by atoms with Crippen LogP contribution in [0.3, 0.4) is 0 Å². The summed E-state index contributed by atoms with van der Waals surface area (Å²) in [7, 11) is 1.44. The van der Waals surface area contributed by atoms with Crippen LogP contribution < -0.4 is 15.8 Å². The summed E-state index contributed by atoms with van der Waals surface area (Å²) < 4.78 is 47.3. The number of nitrogens with one attached hydrogen (secondary N) is 2. The lowest BCUT2D eigenvalue weighted by atomic mass is 9.70. The molecule has 0 saturated carbocycles. The van der Waals surface area contributed by atoms with Gasteiger partial charge in [0.15, 0.2) is 0 Å². The van der Waals surface area contributed by atoms with Gasteiger partial charge < -0.3 is 25.9 Å². The van der Waals surface area contributed by atoms with Crippen molar-refractivity contribution < 1.29 is 23.0 Å². The van der Waals surface area contributed by atoms with Crippen LogP contribution >= 0.6 is 0 Å². The van der Waals surface area contributed by atoms with Gasteiger partial charge in [0, 0.05) is 23.4 Å². The number of aryl methyl sites for hydroxylation is 1. The molecule has 2 unspecified atom stereocenters. The summed E-state index contributed by atoms with van der Waals surface area (Å²) in [4.78, 5) is 6.93. The number of aromatic nitrogens is 1. The zero-order valence-corrected chi connectivity index (χ0v) is 20.4. The Morgan fingerprint density at radius 3 is 2.44 bits per heavy atom. The van der Waals surface area contributed by atoms with Crippen molar-refractivity contribution in [1.82, 2.24) is 10.3 Å². The fraction of sp³-hybridized carbons (Fsp3) is 0.560. The summed E-state index contributed by atoms with van der Waals surface area (Å²) in [6.45, 7) is 7.77. The van der Waals surface area contributed by atoms with Crippen LogP contribution in [-0.2, 0) is 11.8 Å². The molecular formula is C25H37F3N4O2. The molecule has 0 aliphatic carbocycles. The Morgan fingerprint density at radius 1 is 1.26 bits per heavy atom. The number of aliphatic imine (C=N–C) groups is 1.